The Morgan fingerprint density at radius 2 is 2.40 bits per heavy atom. The van der Waals surface area contributed by atoms with Gasteiger partial charge in [-0.05, 0) is 0 Å². The summed E-state index contributed by atoms with van der Waals surface area (Å²) >= 11 is 0. The average Bonchev–Trinajstić information content (AvgIpc) is 1.99. The number of nitrogens with one attached hydrogen (secondary N) is 1. The van der Waals surface area contributed by atoms with Crippen LogP contribution >= 0.6 is 0 Å². The van der Waals surface area contributed by atoms with Crippen LogP contribution in [0.1, 0.15) is 0 Å². The number of hydrogen-bond acceptors (Lipinski definition) is 1. The van der Waals surface area contributed by atoms with Gasteiger partial charge in [-0.15, -0.1) is 0 Å². The second-order valence-corrected chi connectivity index (χ2v) is 1.92. The molecular weight excluding hydrogens is 128 g/mol. The summed E-state index contributed by atoms with van der Waals surface area (Å²) < 4.78 is 6.81. The van der Waals surface area contributed by atoms with Gasteiger partial charge in [-0.2, -0.15) is 0 Å². The molecular formula is C7H15N2O+. The molecule has 0 saturated heterocycles. The van der Waals surface area contributed by atoms with E-state index in [0.29, 0.717) is 6.61 Å². The van der Waals surface area contributed by atoms with Crippen LogP contribution in [0.15, 0.2) is 12.8 Å². The molecule has 0 heterocycles. The van der Waals surface area contributed by atoms with Crippen molar-refractivity contribution in [3.63, 3.8) is 0 Å². The summed E-state index contributed by atoms with van der Waals surface area (Å²) in [5.74, 6) is 0.998. The van der Waals surface area contributed by atoms with Crippen LogP contribution in [0.3, 0.4) is 0 Å². The first-order chi connectivity index (χ1) is 4.76. The van der Waals surface area contributed by atoms with Gasteiger partial charge in [-0.25, -0.2) is 4.58 Å². The largest absolute Gasteiger partial charge is 0.372 e. The fourth-order valence-electron chi connectivity index (χ4n) is 0.597. The lowest BCUT2D eigenvalue weighted by Crippen LogP contribution is -2.30. The molecule has 0 bridgehead atoms. The summed E-state index contributed by atoms with van der Waals surface area (Å²) in [6, 6.07) is 0. The van der Waals surface area contributed by atoms with Gasteiger partial charge in [0.1, 0.15) is 6.61 Å². The topological polar surface area (TPSA) is 24.3 Å². The molecule has 0 aliphatic carbocycles. The Morgan fingerprint density at radius 3 is 2.70 bits per heavy atom. The molecule has 0 amide bonds. The summed E-state index contributed by atoms with van der Waals surface area (Å²) in [7, 11) is 5.43. The zero-order chi connectivity index (χ0) is 7.98. The maximum atomic E-state index is 4.93. The predicted octanol–water partition coefficient (Wildman–Crippen LogP) is 0.0365. The Morgan fingerprint density at radius 1 is 1.80 bits per heavy atom. The number of likely N-dealkylation sites (N-methyl/N-ethyl adjacent to an activating group) is 1. The van der Waals surface area contributed by atoms with Gasteiger partial charge in [0.2, 0.25) is 0 Å². The van der Waals surface area contributed by atoms with Crippen molar-refractivity contribution in [1.82, 2.24) is 5.32 Å². The highest BCUT2D eigenvalue weighted by atomic mass is 16.5. The van der Waals surface area contributed by atoms with Gasteiger partial charge in [-0.1, -0.05) is 6.58 Å². The normalized spacial score (nSPS) is 12.3. The summed E-state index contributed by atoms with van der Waals surface area (Å²) in [4.78, 5) is 0. The molecule has 0 radical (unpaired) electrons. The summed E-state index contributed by atoms with van der Waals surface area (Å²) in [6.45, 7) is 4.20. The molecule has 0 aromatic rings. The number of hydrogen-bond donors (Lipinski definition) is 1. The molecule has 3 nitrogen and oxygen atoms in total. The van der Waals surface area contributed by atoms with Crippen LogP contribution in [0, 0.1) is 0 Å². The second-order valence-electron chi connectivity index (χ2n) is 1.92. The van der Waals surface area contributed by atoms with E-state index in [1.807, 2.05) is 18.7 Å². The van der Waals surface area contributed by atoms with Crippen LogP contribution in [0.2, 0.25) is 0 Å². The van der Waals surface area contributed by atoms with E-state index < -0.39 is 0 Å². The van der Waals surface area contributed by atoms with Crippen molar-refractivity contribution < 1.29 is 9.31 Å². The van der Waals surface area contributed by atoms with Crippen molar-refractivity contribution in [2.24, 2.45) is 0 Å². The highest BCUT2D eigenvalue weighted by Gasteiger charge is 2.02. The lowest BCUT2D eigenvalue weighted by atomic mass is 10.6. The second kappa shape index (κ2) is 4.99. The predicted molar refractivity (Wildman–Crippen MR) is 42.3 cm³/mol. The van der Waals surface area contributed by atoms with E-state index in [-0.39, 0.29) is 0 Å². The zero-order valence-corrected chi connectivity index (χ0v) is 6.85. The SMILES string of the molecule is C=C[N+](C)=C(COC)NC. The molecule has 0 rings (SSSR count). The van der Waals surface area contributed by atoms with Crippen LogP contribution < -0.4 is 5.32 Å². The summed E-state index contributed by atoms with van der Waals surface area (Å²) in [5, 5.41) is 3.00. The third kappa shape index (κ3) is 2.64. The summed E-state index contributed by atoms with van der Waals surface area (Å²) in [6.07, 6.45) is 1.73. The first kappa shape index (κ1) is 9.17. The Balaban J connectivity index is 4.13. The van der Waals surface area contributed by atoms with E-state index in [0.717, 1.165) is 5.84 Å². The monoisotopic (exact) mass is 143 g/mol. The Hall–Kier alpha value is -0.830. The molecule has 10 heavy (non-hydrogen) atoms. The van der Waals surface area contributed by atoms with Crippen LogP contribution in [0.25, 0.3) is 0 Å². The van der Waals surface area contributed by atoms with Gasteiger partial charge >= 0.3 is 0 Å². The summed E-state index contributed by atoms with van der Waals surface area (Å²) in [5.41, 5.74) is 0. The van der Waals surface area contributed by atoms with Crippen LogP contribution in [0.5, 0.6) is 0 Å². The molecule has 0 aliphatic heterocycles. The lowest BCUT2D eigenvalue weighted by molar-refractivity contribution is -0.426. The molecule has 0 aromatic carbocycles. The van der Waals surface area contributed by atoms with E-state index in [2.05, 4.69) is 11.9 Å². The van der Waals surface area contributed by atoms with Crippen LogP contribution in [-0.2, 0) is 4.74 Å². The number of amidine groups is 1. The van der Waals surface area contributed by atoms with Crippen LogP contribution in [-0.4, -0.2) is 38.2 Å². The maximum Gasteiger partial charge on any atom is 0.275 e. The van der Waals surface area contributed by atoms with E-state index in [1.165, 1.54) is 0 Å². The molecule has 0 unspecified atom stereocenters. The fraction of sp³-hybridized carbons (Fsp3) is 0.571. The van der Waals surface area contributed by atoms with E-state index in [9.17, 15) is 0 Å². The van der Waals surface area contributed by atoms with Crippen molar-refractivity contribution >= 4 is 5.84 Å². The molecule has 0 saturated carbocycles. The number of ether oxygens (including phenoxy) is 1. The van der Waals surface area contributed by atoms with Crippen molar-refractivity contribution in [1.29, 1.82) is 0 Å². The number of rotatable bonds is 3. The van der Waals surface area contributed by atoms with Crippen molar-refractivity contribution in [3.05, 3.63) is 12.8 Å². The van der Waals surface area contributed by atoms with Crippen molar-refractivity contribution in [2.45, 2.75) is 0 Å². The Kier molecular flexibility index (Phi) is 4.58. The lowest BCUT2D eigenvalue weighted by Gasteiger charge is -2.00. The minimum Gasteiger partial charge on any atom is -0.372 e. The van der Waals surface area contributed by atoms with E-state index in [1.54, 1.807) is 13.3 Å². The first-order valence-corrected chi connectivity index (χ1v) is 3.14. The highest BCUT2D eigenvalue weighted by Crippen LogP contribution is 1.74. The molecule has 3 heteroatoms. The highest BCUT2D eigenvalue weighted by molar-refractivity contribution is 5.78. The molecule has 0 spiro atoms. The van der Waals surface area contributed by atoms with Gasteiger partial charge < -0.3 is 4.74 Å². The van der Waals surface area contributed by atoms with Gasteiger partial charge in [0, 0.05) is 7.11 Å². The maximum absolute atomic E-state index is 4.93. The molecule has 58 valence electrons. The first-order valence-electron chi connectivity index (χ1n) is 3.14. The molecule has 0 aliphatic rings. The smallest absolute Gasteiger partial charge is 0.275 e. The average molecular weight is 143 g/mol. The molecule has 0 atom stereocenters. The Labute approximate surface area is 62.0 Å². The molecule has 1 N–H and O–H groups in total. The molecule has 0 aromatic heterocycles. The minimum atomic E-state index is 0.582. The van der Waals surface area contributed by atoms with Gasteiger partial charge in [0.15, 0.2) is 0 Å². The standard InChI is InChI=1S/C7H14N2O/c1-5-9(3)7(8-2)6-10-4/h5H,1,6H2,2-4H3/p+1. The van der Waals surface area contributed by atoms with E-state index >= 15 is 0 Å². The zero-order valence-electron chi connectivity index (χ0n) is 6.85. The van der Waals surface area contributed by atoms with Gasteiger partial charge in [-0.3, -0.25) is 5.32 Å². The minimum absolute atomic E-state index is 0.582. The van der Waals surface area contributed by atoms with E-state index in [4.69, 9.17) is 4.74 Å². The number of nitrogens with zero attached hydrogens (tertiary/aromatic N) is 1. The third-order valence-corrected chi connectivity index (χ3v) is 1.27. The number of methoxy groups -OCH3 is 1. The third-order valence-electron chi connectivity index (χ3n) is 1.27. The van der Waals surface area contributed by atoms with Gasteiger partial charge in [0.25, 0.3) is 5.84 Å². The Bertz CT molecular complexity index is 141. The fourth-order valence-corrected chi connectivity index (χ4v) is 0.597. The molecule has 0 fully saturated rings. The van der Waals surface area contributed by atoms with Crippen molar-refractivity contribution in [3.8, 4) is 0 Å². The van der Waals surface area contributed by atoms with Crippen LogP contribution in [0.4, 0.5) is 0 Å². The van der Waals surface area contributed by atoms with Crippen molar-refractivity contribution in [2.75, 3.05) is 27.8 Å². The quantitative estimate of drug-likeness (QED) is 0.342. The van der Waals surface area contributed by atoms with Gasteiger partial charge in [0.05, 0.1) is 20.3 Å².